The van der Waals surface area contributed by atoms with Crippen molar-refractivity contribution < 1.29 is 37.3 Å². The normalized spacial score (nSPS) is 12.8. The minimum absolute atomic E-state index is 0.0965. The van der Waals surface area contributed by atoms with Crippen LogP contribution in [0.25, 0.3) is 11.3 Å². The summed E-state index contributed by atoms with van der Waals surface area (Å²) < 4.78 is 53.9. The number of alkyl halides is 3. The number of carboxylic acid groups (broad SMARTS) is 1. The molecule has 2 aromatic carbocycles. The number of aliphatic carboxylic acids is 1. The summed E-state index contributed by atoms with van der Waals surface area (Å²) in [7, 11) is 0. The van der Waals surface area contributed by atoms with Gasteiger partial charge in [0.1, 0.15) is 31.1 Å². The van der Waals surface area contributed by atoms with Crippen molar-refractivity contribution >= 4 is 11.8 Å². The van der Waals surface area contributed by atoms with Gasteiger partial charge in [0.15, 0.2) is 11.5 Å². The van der Waals surface area contributed by atoms with Crippen LogP contribution in [0.4, 0.5) is 19.0 Å². The van der Waals surface area contributed by atoms with E-state index in [-0.39, 0.29) is 5.56 Å². The van der Waals surface area contributed by atoms with E-state index in [1.807, 2.05) is 19.1 Å². The summed E-state index contributed by atoms with van der Waals surface area (Å²) in [6, 6.07) is 9.36. The minimum Gasteiger partial charge on any atom is -0.486 e. The average Bonchev–Trinajstić information content (AvgIpc) is 2.81. The first-order valence-corrected chi connectivity index (χ1v) is 10.7. The van der Waals surface area contributed by atoms with E-state index >= 15 is 0 Å². The lowest BCUT2D eigenvalue weighted by Gasteiger charge is -2.21. The van der Waals surface area contributed by atoms with E-state index in [0.717, 1.165) is 28.7 Å². The molecule has 2 heterocycles. The number of aromatic nitrogens is 2. The first kappa shape index (κ1) is 24.1. The zero-order valence-corrected chi connectivity index (χ0v) is 18.7. The molecule has 1 aliphatic heterocycles. The van der Waals surface area contributed by atoms with E-state index in [1.165, 1.54) is 18.5 Å². The molecule has 4 rings (SSSR count). The summed E-state index contributed by atoms with van der Waals surface area (Å²) in [6.45, 7) is 3.54. The van der Waals surface area contributed by atoms with Crippen molar-refractivity contribution in [1.29, 1.82) is 0 Å². The van der Waals surface area contributed by atoms with Crippen molar-refractivity contribution in [3.8, 4) is 28.5 Å². The van der Waals surface area contributed by atoms with Gasteiger partial charge < -0.3 is 24.6 Å². The molecule has 0 saturated carbocycles. The van der Waals surface area contributed by atoms with Crippen LogP contribution in [-0.4, -0.2) is 47.2 Å². The van der Waals surface area contributed by atoms with Gasteiger partial charge in [-0.2, -0.15) is 0 Å². The molecule has 8 nitrogen and oxygen atoms in total. The first-order chi connectivity index (χ1) is 16.7. The number of nitrogens with one attached hydrogen (secondary N) is 1. The standard InChI is InChI=1S/C24H22F3N3O5/c1-14-15(4-5-19-23(14)34-9-8-33-19)6-7-28-21-12-18(29-13-30-21)16-2-3-17(11-22(31)32)20(10-16)35-24(25,26)27/h2-5,10,12-13H,6-9,11H2,1H3,(H,31,32)(H,28,29,30). The Labute approximate surface area is 198 Å². The Hall–Kier alpha value is -4.02. The van der Waals surface area contributed by atoms with Crippen LogP contribution < -0.4 is 19.5 Å². The molecule has 0 spiro atoms. The number of fused-ring (bicyclic) bond motifs is 1. The second kappa shape index (κ2) is 10.1. The number of carboxylic acids is 1. The number of carbonyl (C=O) groups is 1. The Balaban J connectivity index is 1.48. The summed E-state index contributed by atoms with van der Waals surface area (Å²) in [5, 5.41) is 12.2. The Kier molecular flexibility index (Phi) is 6.94. The fourth-order valence-corrected chi connectivity index (χ4v) is 3.75. The molecule has 1 aliphatic rings. The second-order valence-corrected chi connectivity index (χ2v) is 7.78. The molecule has 11 heteroatoms. The highest BCUT2D eigenvalue weighted by molar-refractivity contribution is 5.73. The molecule has 0 aliphatic carbocycles. The molecule has 3 aromatic rings. The van der Waals surface area contributed by atoms with Crippen LogP contribution in [0.5, 0.6) is 17.2 Å². The Morgan fingerprint density at radius 1 is 1.11 bits per heavy atom. The van der Waals surface area contributed by atoms with Crippen molar-refractivity contribution in [3.05, 3.63) is 59.4 Å². The predicted octanol–water partition coefficient (Wildman–Crippen LogP) is 4.40. The van der Waals surface area contributed by atoms with Gasteiger partial charge in [-0.25, -0.2) is 9.97 Å². The third kappa shape index (κ3) is 6.11. The SMILES string of the molecule is Cc1c(CCNc2cc(-c3ccc(CC(=O)O)c(OC(F)(F)F)c3)ncn2)ccc2c1OCCO2. The predicted molar refractivity (Wildman–Crippen MR) is 120 cm³/mol. The van der Waals surface area contributed by atoms with Gasteiger partial charge in [-0.3, -0.25) is 4.79 Å². The number of rotatable bonds is 8. The van der Waals surface area contributed by atoms with Gasteiger partial charge in [0.25, 0.3) is 0 Å². The summed E-state index contributed by atoms with van der Waals surface area (Å²) in [4.78, 5) is 19.3. The van der Waals surface area contributed by atoms with Crippen LogP contribution in [0.1, 0.15) is 16.7 Å². The number of hydrogen-bond donors (Lipinski definition) is 2. The van der Waals surface area contributed by atoms with Gasteiger partial charge >= 0.3 is 12.3 Å². The van der Waals surface area contributed by atoms with Crippen LogP contribution >= 0.6 is 0 Å². The molecular weight excluding hydrogens is 467 g/mol. The van der Waals surface area contributed by atoms with Crippen molar-refractivity contribution in [2.75, 3.05) is 25.1 Å². The maximum atomic E-state index is 12.8. The van der Waals surface area contributed by atoms with Crippen LogP contribution in [0, 0.1) is 6.92 Å². The largest absolute Gasteiger partial charge is 0.573 e. The van der Waals surface area contributed by atoms with Crippen LogP contribution in [0.15, 0.2) is 42.7 Å². The van der Waals surface area contributed by atoms with Gasteiger partial charge in [-0.15, -0.1) is 13.2 Å². The van der Waals surface area contributed by atoms with Gasteiger partial charge in [0.2, 0.25) is 0 Å². The highest BCUT2D eigenvalue weighted by Gasteiger charge is 2.32. The smallest absolute Gasteiger partial charge is 0.486 e. The lowest BCUT2D eigenvalue weighted by Crippen LogP contribution is -2.18. The molecule has 1 aromatic heterocycles. The summed E-state index contributed by atoms with van der Waals surface area (Å²) in [5.74, 6) is 0.111. The molecule has 0 bridgehead atoms. The molecular formula is C24H22F3N3O5. The highest BCUT2D eigenvalue weighted by atomic mass is 19.4. The topological polar surface area (TPSA) is 103 Å². The second-order valence-electron chi connectivity index (χ2n) is 7.78. The molecule has 184 valence electrons. The van der Waals surface area contributed by atoms with E-state index in [4.69, 9.17) is 14.6 Å². The zero-order chi connectivity index (χ0) is 25.0. The third-order valence-corrected chi connectivity index (χ3v) is 5.37. The highest BCUT2D eigenvalue weighted by Crippen LogP contribution is 2.35. The van der Waals surface area contributed by atoms with E-state index < -0.39 is 24.5 Å². The van der Waals surface area contributed by atoms with Crippen molar-refractivity contribution in [2.24, 2.45) is 0 Å². The number of benzene rings is 2. The Bertz CT molecular complexity index is 1230. The van der Waals surface area contributed by atoms with Crippen LogP contribution in [0.3, 0.4) is 0 Å². The van der Waals surface area contributed by atoms with Gasteiger partial charge in [-0.1, -0.05) is 18.2 Å². The number of nitrogens with zero attached hydrogens (tertiary/aromatic N) is 2. The third-order valence-electron chi connectivity index (χ3n) is 5.37. The monoisotopic (exact) mass is 489 g/mol. The molecule has 0 atom stereocenters. The van der Waals surface area contributed by atoms with Gasteiger partial charge in [-0.05, 0) is 36.6 Å². The average molecular weight is 489 g/mol. The molecule has 0 unspecified atom stereocenters. The van der Waals surface area contributed by atoms with Crippen molar-refractivity contribution in [1.82, 2.24) is 9.97 Å². The zero-order valence-electron chi connectivity index (χ0n) is 18.7. The summed E-state index contributed by atoms with van der Waals surface area (Å²) in [5.41, 5.74) is 2.67. The lowest BCUT2D eigenvalue weighted by atomic mass is 10.0. The maximum Gasteiger partial charge on any atom is 0.573 e. The fourth-order valence-electron chi connectivity index (χ4n) is 3.75. The number of anilines is 1. The number of halogens is 3. The number of hydrogen-bond acceptors (Lipinski definition) is 7. The maximum absolute atomic E-state index is 12.8. The number of ether oxygens (including phenoxy) is 3. The summed E-state index contributed by atoms with van der Waals surface area (Å²) >= 11 is 0. The first-order valence-electron chi connectivity index (χ1n) is 10.7. The van der Waals surface area contributed by atoms with E-state index in [0.29, 0.717) is 43.3 Å². The van der Waals surface area contributed by atoms with Crippen molar-refractivity contribution in [2.45, 2.75) is 26.1 Å². The van der Waals surface area contributed by atoms with Gasteiger partial charge in [0.05, 0.1) is 12.1 Å². The Morgan fingerprint density at radius 3 is 2.66 bits per heavy atom. The van der Waals surface area contributed by atoms with E-state index in [2.05, 4.69) is 20.0 Å². The molecule has 0 radical (unpaired) electrons. The molecule has 35 heavy (non-hydrogen) atoms. The molecule has 2 N–H and O–H groups in total. The summed E-state index contributed by atoms with van der Waals surface area (Å²) in [6.07, 6.45) is -3.60. The van der Waals surface area contributed by atoms with Crippen molar-refractivity contribution in [3.63, 3.8) is 0 Å². The fraction of sp³-hybridized carbons (Fsp3) is 0.292. The molecule has 0 fully saturated rings. The van der Waals surface area contributed by atoms with Crippen LogP contribution in [-0.2, 0) is 17.6 Å². The van der Waals surface area contributed by atoms with E-state index in [9.17, 15) is 18.0 Å². The molecule has 0 amide bonds. The van der Waals surface area contributed by atoms with E-state index in [1.54, 1.807) is 6.07 Å². The molecule has 0 saturated heterocycles. The van der Waals surface area contributed by atoms with Crippen LogP contribution in [0.2, 0.25) is 0 Å². The Morgan fingerprint density at radius 2 is 1.89 bits per heavy atom. The lowest BCUT2D eigenvalue weighted by molar-refractivity contribution is -0.274. The quantitative estimate of drug-likeness (QED) is 0.480. The van der Waals surface area contributed by atoms with Gasteiger partial charge in [0, 0.05) is 23.7 Å². The minimum atomic E-state index is -4.96.